The van der Waals surface area contributed by atoms with Gasteiger partial charge in [0, 0.05) is 30.3 Å². The smallest absolute Gasteiger partial charge is 0.315 e. The number of aliphatic hydroxyl groups excluding tert-OH is 1. The van der Waals surface area contributed by atoms with Crippen LogP contribution < -0.4 is 10.6 Å². The first kappa shape index (κ1) is 18.4. The van der Waals surface area contributed by atoms with E-state index in [0.717, 1.165) is 28.2 Å². The lowest BCUT2D eigenvalue weighted by atomic mass is 9.93. The molecule has 0 radical (unpaired) electrons. The number of aromatic nitrogens is 1. The molecule has 3 N–H and O–H groups in total. The topological polar surface area (TPSA) is 74.2 Å². The van der Waals surface area contributed by atoms with Gasteiger partial charge in [0.2, 0.25) is 0 Å². The summed E-state index contributed by atoms with van der Waals surface area (Å²) in [4.78, 5) is 16.5. The summed E-state index contributed by atoms with van der Waals surface area (Å²) < 4.78 is 0. The van der Waals surface area contributed by atoms with Gasteiger partial charge in [0.15, 0.2) is 0 Å². The molecule has 6 heteroatoms. The molecule has 1 aromatic carbocycles. The minimum absolute atomic E-state index is 0.0281. The van der Waals surface area contributed by atoms with Crippen molar-refractivity contribution in [2.24, 2.45) is 0 Å². The molecule has 0 fully saturated rings. The van der Waals surface area contributed by atoms with Crippen molar-refractivity contribution >= 4 is 17.4 Å². The van der Waals surface area contributed by atoms with Crippen LogP contribution in [0, 0.1) is 0 Å². The number of nitrogens with zero attached hydrogens (tertiary/aromatic N) is 1. The maximum Gasteiger partial charge on any atom is 0.315 e. The summed E-state index contributed by atoms with van der Waals surface area (Å²) in [6, 6.07) is 7.30. The van der Waals surface area contributed by atoms with Gasteiger partial charge in [0.1, 0.15) is 0 Å². The molecule has 0 atom stereocenters. The highest BCUT2D eigenvalue weighted by atomic mass is 32.1. The van der Waals surface area contributed by atoms with E-state index in [9.17, 15) is 9.90 Å². The fourth-order valence-electron chi connectivity index (χ4n) is 2.18. The number of urea groups is 1. The molecule has 24 heavy (non-hydrogen) atoms. The van der Waals surface area contributed by atoms with E-state index in [1.165, 1.54) is 0 Å². The van der Waals surface area contributed by atoms with Crippen LogP contribution >= 0.6 is 11.3 Å². The van der Waals surface area contributed by atoms with Crippen molar-refractivity contribution < 1.29 is 9.90 Å². The highest BCUT2D eigenvalue weighted by Gasteiger charge is 2.17. The largest absolute Gasteiger partial charge is 0.392 e. The number of benzene rings is 1. The van der Waals surface area contributed by atoms with Crippen molar-refractivity contribution in [2.45, 2.75) is 45.8 Å². The van der Waals surface area contributed by atoms with Crippen LogP contribution in [-0.2, 0) is 25.0 Å². The Kier molecular flexibility index (Phi) is 6.34. The standard InChI is InChI=1S/C18H25N3O2S/c1-18(2,3)15-12-24-16(21-15)8-9-19-17(23)20-10-13-6-4-5-7-14(13)11-22/h4-7,12,22H,8-11H2,1-3H3,(H2,19,20,23). The molecular weight excluding hydrogens is 322 g/mol. The van der Waals surface area contributed by atoms with E-state index >= 15 is 0 Å². The van der Waals surface area contributed by atoms with Crippen molar-refractivity contribution in [1.29, 1.82) is 0 Å². The molecule has 2 rings (SSSR count). The highest BCUT2D eigenvalue weighted by Crippen LogP contribution is 2.23. The third kappa shape index (κ3) is 5.32. The Labute approximate surface area is 147 Å². The van der Waals surface area contributed by atoms with Crippen LogP contribution in [0.3, 0.4) is 0 Å². The summed E-state index contributed by atoms with van der Waals surface area (Å²) >= 11 is 1.63. The van der Waals surface area contributed by atoms with Crippen LogP contribution in [0.4, 0.5) is 4.79 Å². The van der Waals surface area contributed by atoms with Gasteiger partial charge >= 0.3 is 6.03 Å². The summed E-state index contributed by atoms with van der Waals surface area (Å²) in [6.07, 6.45) is 0.724. The monoisotopic (exact) mass is 347 g/mol. The second-order valence-electron chi connectivity index (χ2n) is 6.66. The molecule has 1 heterocycles. The first-order valence-electron chi connectivity index (χ1n) is 8.04. The lowest BCUT2D eigenvalue weighted by molar-refractivity contribution is 0.240. The molecule has 2 aromatic rings. The van der Waals surface area contributed by atoms with Crippen LogP contribution in [0.15, 0.2) is 29.6 Å². The molecule has 2 amide bonds. The minimum atomic E-state index is -0.213. The lowest BCUT2D eigenvalue weighted by Crippen LogP contribution is -2.36. The molecule has 1 aromatic heterocycles. The molecule has 0 aliphatic heterocycles. The lowest BCUT2D eigenvalue weighted by Gasteiger charge is -2.14. The number of hydrogen-bond acceptors (Lipinski definition) is 4. The molecule has 5 nitrogen and oxygen atoms in total. The van der Waals surface area contributed by atoms with E-state index in [1.807, 2.05) is 24.3 Å². The first-order valence-corrected chi connectivity index (χ1v) is 8.92. The Morgan fingerprint density at radius 3 is 2.54 bits per heavy atom. The molecule has 0 saturated carbocycles. The predicted molar refractivity (Wildman–Crippen MR) is 97.1 cm³/mol. The number of amides is 2. The Hall–Kier alpha value is -1.92. The van der Waals surface area contributed by atoms with Gasteiger partial charge in [-0.1, -0.05) is 45.0 Å². The fourth-order valence-corrected chi connectivity index (χ4v) is 3.20. The summed E-state index contributed by atoms with van der Waals surface area (Å²) in [6.45, 7) is 7.34. The summed E-state index contributed by atoms with van der Waals surface area (Å²) in [7, 11) is 0. The van der Waals surface area contributed by atoms with Crippen molar-refractivity contribution in [3.05, 3.63) is 51.5 Å². The number of thiazole rings is 1. The van der Waals surface area contributed by atoms with E-state index in [-0.39, 0.29) is 18.1 Å². The fraction of sp³-hybridized carbons (Fsp3) is 0.444. The summed E-state index contributed by atoms with van der Waals surface area (Å²) in [5.74, 6) is 0. The van der Waals surface area contributed by atoms with Gasteiger partial charge in [-0.05, 0) is 11.1 Å². The second-order valence-corrected chi connectivity index (χ2v) is 7.61. The van der Waals surface area contributed by atoms with E-state index < -0.39 is 0 Å². The highest BCUT2D eigenvalue weighted by molar-refractivity contribution is 7.09. The molecule has 0 aliphatic carbocycles. The second kappa shape index (κ2) is 8.26. The normalized spacial score (nSPS) is 11.3. The van der Waals surface area contributed by atoms with Gasteiger partial charge in [-0.25, -0.2) is 9.78 Å². The molecule has 0 unspecified atom stereocenters. The van der Waals surface area contributed by atoms with Crippen molar-refractivity contribution in [3.63, 3.8) is 0 Å². The van der Waals surface area contributed by atoms with Gasteiger partial charge in [-0.15, -0.1) is 11.3 Å². The Bertz CT molecular complexity index is 677. The number of hydrogen-bond donors (Lipinski definition) is 3. The van der Waals surface area contributed by atoms with Crippen LogP contribution in [0.5, 0.6) is 0 Å². The number of carbonyl (C=O) groups is 1. The zero-order valence-corrected chi connectivity index (χ0v) is 15.2. The summed E-state index contributed by atoms with van der Waals surface area (Å²) in [5.41, 5.74) is 2.90. The van der Waals surface area contributed by atoms with Crippen LogP contribution in [0.2, 0.25) is 0 Å². The quantitative estimate of drug-likeness (QED) is 0.752. The molecular formula is C18H25N3O2S. The van der Waals surface area contributed by atoms with E-state index in [0.29, 0.717) is 13.1 Å². The Balaban J connectivity index is 1.74. The Morgan fingerprint density at radius 2 is 1.92 bits per heavy atom. The summed E-state index contributed by atoms with van der Waals surface area (Å²) in [5, 5.41) is 18.0. The van der Waals surface area contributed by atoms with E-state index in [1.54, 1.807) is 11.3 Å². The maximum absolute atomic E-state index is 11.9. The zero-order valence-electron chi connectivity index (χ0n) is 14.4. The van der Waals surface area contributed by atoms with Crippen LogP contribution in [-0.4, -0.2) is 22.7 Å². The van der Waals surface area contributed by atoms with Gasteiger partial charge < -0.3 is 15.7 Å². The number of aliphatic hydroxyl groups is 1. The zero-order chi connectivity index (χ0) is 17.6. The van der Waals surface area contributed by atoms with Gasteiger partial charge in [-0.2, -0.15) is 0 Å². The molecule has 0 saturated heterocycles. The van der Waals surface area contributed by atoms with Gasteiger partial charge in [0.25, 0.3) is 0 Å². The third-order valence-electron chi connectivity index (χ3n) is 3.67. The maximum atomic E-state index is 11.9. The molecule has 0 bridgehead atoms. The van der Waals surface area contributed by atoms with Crippen molar-refractivity contribution in [2.75, 3.05) is 6.54 Å². The third-order valence-corrected chi connectivity index (χ3v) is 4.58. The number of nitrogens with one attached hydrogen (secondary N) is 2. The van der Waals surface area contributed by atoms with Crippen LogP contribution in [0.25, 0.3) is 0 Å². The van der Waals surface area contributed by atoms with E-state index in [2.05, 4.69) is 41.8 Å². The average Bonchev–Trinajstić information content (AvgIpc) is 3.02. The number of carbonyl (C=O) groups excluding carboxylic acids is 1. The Morgan fingerprint density at radius 1 is 1.21 bits per heavy atom. The van der Waals surface area contributed by atoms with Crippen LogP contribution in [0.1, 0.15) is 42.6 Å². The molecule has 0 aliphatic rings. The molecule has 0 spiro atoms. The van der Waals surface area contributed by atoms with E-state index in [4.69, 9.17) is 0 Å². The minimum Gasteiger partial charge on any atom is -0.392 e. The molecule has 130 valence electrons. The first-order chi connectivity index (χ1) is 11.4. The van der Waals surface area contributed by atoms with Crippen molar-refractivity contribution in [3.8, 4) is 0 Å². The van der Waals surface area contributed by atoms with Gasteiger partial charge in [-0.3, -0.25) is 0 Å². The number of rotatable bonds is 6. The van der Waals surface area contributed by atoms with Gasteiger partial charge in [0.05, 0.1) is 17.3 Å². The van der Waals surface area contributed by atoms with Crippen molar-refractivity contribution in [1.82, 2.24) is 15.6 Å². The SMILES string of the molecule is CC(C)(C)c1csc(CCNC(=O)NCc2ccccc2CO)n1. The predicted octanol–water partition coefficient (Wildman–Crippen LogP) is 2.97. The average molecular weight is 347 g/mol.